The van der Waals surface area contributed by atoms with Gasteiger partial charge in [0.25, 0.3) is 0 Å². The monoisotopic (exact) mass is 426 g/mol. The summed E-state index contributed by atoms with van der Waals surface area (Å²) in [6, 6.07) is -3.31. The molecule has 0 aromatic rings. The van der Waals surface area contributed by atoms with Crippen molar-refractivity contribution in [3.63, 3.8) is 0 Å². The first kappa shape index (κ1) is 27.8. The number of hydrogen-bond donors (Lipinski definition) is 9. The maximum absolute atomic E-state index is 11.5. The van der Waals surface area contributed by atoms with E-state index in [0.717, 1.165) is 0 Å². The summed E-state index contributed by atoms with van der Waals surface area (Å²) < 4.78 is 0. The highest BCUT2D eigenvalue weighted by Crippen LogP contribution is 1.97. The molecule has 0 aromatic carbocycles. The van der Waals surface area contributed by atoms with Crippen molar-refractivity contribution in [2.45, 2.75) is 44.0 Å². The molecule has 13 nitrogen and oxygen atoms in total. The van der Waals surface area contributed by atoms with Gasteiger partial charge in [-0.05, 0) is 13.3 Å². The fraction of sp³-hybridized carbons (Fsp3) is 0.643. The molecule has 10 N–H and O–H groups in total. The van der Waals surface area contributed by atoms with E-state index in [9.17, 15) is 24.0 Å². The molecule has 0 saturated carbocycles. The van der Waals surface area contributed by atoms with E-state index in [1.165, 1.54) is 6.92 Å². The van der Waals surface area contributed by atoms with Crippen LogP contribution in [0.3, 0.4) is 0 Å². The van der Waals surface area contributed by atoms with Gasteiger partial charge in [-0.1, -0.05) is 0 Å². The summed E-state index contributed by atoms with van der Waals surface area (Å²) in [5, 5.41) is 37.9. The number of nitrogens with one attached hydrogen (secondary N) is 2. The minimum Gasteiger partial charge on any atom is -0.480 e. The van der Waals surface area contributed by atoms with Crippen molar-refractivity contribution in [2.24, 2.45) is 11.5 Å². The SMILES string of the molecule is C[C@@H](O)[C@H](N)C(=O)O.NC(CCC(=O)NC(CS)C(=O)NCC(=O)O)C(=O)O. The zero-order chi connectivity index (χ0) is 22.4. The number of carbonyl (C=O) groups is 5. The van der Waals surface area contributed by atoms with Crippen molar-refractivity contribution < 1.29 is 44.4 Å². The summed E-state index contributed by atoms with van der Waals surface area (Å²) in [6.45, 7) is 0.766. The van der Waals surface area contributed by atoms with Crippen molar-refractivity contribution in [2.75, 3.05) is 12.3 Å². The van der Waals surface area contributed by atoms with Crippen LogP contribution in [0, 0.1) is 0 Å². The predicted octanol–water partition coefficient (Wildman–Crippen LogP) is -3.43. The Labute approximate surface area is 165 Å². The summed E-state index contributed by atoms with van der Waals surface area (Å²) in [5.41, 5.74) is 10.1. The maximum atomic E-state index is 11.5. The van der Waals surface area contributed by atoms with Crippen LogP contribution < -0.4 is 22.1 Å². The third kappa shape index (κ3) is 13.7. The van der Waals surface area contributed by atoms with E-state index in [4.69, 9.17) is 31.9 Å². The lowest BCUT2D eigenvalue weighted by molar-refractivity contribution is -0.141. The molecule has 0 radical (unpaired) electrons. The van der Waals surface area contributed by atoms with Crippen LogP contribution in [0.4, 0.5) is 0 Å². The third-order valence-electron chi connectivity index (χ3n) is 3.05. The van der Waals surface area contributed by atoms with E-state index in [1.54, 1.807) is 0 Å². The van der Waals surface area contributed by atoms with Gasteiger partial charge in [0.2, 0.25) is 11.8 Å². The molecule has 4 atom stereocenters. The molecule has 0 aliphatic carbocycles. The van der Waals surface area contributed by atoms with Crippen LogP contribution in [0.1, 0.15) is 19.8 Å². The fourth-order valence-corrected chi connectivity index (χ4v) is 1.62. The molecule has 0 bridgehead atoms. The number of carboxylic acids is 3. The van der Waals surface area contributed by atoms with Gasteiger partial charge in [0, 0.05) is 12.2 Å². The Balaban J connectivity index is 0. The van der Waals surface area contributed by atoms with Gasteiger partial charge in [0.15, 0.2) is 0 Å². The highest BCUT2D eigenvalue weighted by atomic mass is 32.1. The second kappa shape index (κ2) is 14.6. The van der Waals surface area contributed by atoms with E-state index >= 15 is 0 Å². The second-order valence-electron chi connectivity index (χ2n) is 5.50. The molecule has 0 aliphatic rings. The number of aliphatic hydroxyl groups excluding tert-OH is 1. The lowest BCUT2D eigenvalue weighted by Crippen LogP contribution is -2.49. The van der Waals surface area contributed by atoms with Crippen LogP contribution in [0.2, 0.25) is 0 Å². The number of carbonyl (C=O) groups excluding carboxylic acids is 2. The van der Waals surface area contributed by atoms with Crippen LogP contribution in [-0.4, -0.2) is 86.7 Å². The minimum absolute atomic E-state index is 0.0256. The molecule has 14 heteroatoms. The van der Waals surface area contributed by atoms with Crippen molar-refractivity contribution in [3.8, 4) is 0 Å². The van der Waals surface area contributed by atoms with Gasteiger partial charge in [-0.25, -0.2) is 0 Å². The first-order valence-electron chi connectivity index (χ1n) is 7.88. The summed E-state index contributed by atoms with van der Waals surface area (Å²) in [6.07, 6.45) is -1.21. The Morgan fingerprint density at radius 3 is 1.89 bits per heavy atom. The first-order chi connectivity index (χ1) is 12.8. The zero-order valence-corrected chi connectivity index (χ0v) is 16.0. The molecule has 0 rings (SSSR count). The van der Waals surface area contributed by atoms with Crippen molar-refractivity contribution in [1.82, 2.24) is 10.6 Å². The molecular weight excluding hydrogens is 400 g/mol. The number of aliphatic hydroxyl groups is 1. The number of hydrogen-bond acceptors (Lipinski definition) is 9. The lowest BCUT2D eigenvalue weighted by atomic mass is 10.1. The summed E-state index contributed by atoms with van der Waals surface area (Å²) in [4.78, 5) is 53.6. The van der Waals surface area contributed by atoms with Crippen molar-refractivity contribution in [1.29, 1.82) is 0 Å². The molecule has 162 valence electrons. The summed E-state index contributed by atoms with van der Waals surface area (Å²) >= 11 is 3.87. The number of thiol groups is 1. The molecule has 0 aliphatic heterocycles. The number of aliphatic carboxylic acids is 3. The lowest BCUT2D eigenvalue weighted by Gasteiger charge is -2.16. The van der Waals surface area contributed by atoms with Gasteiger partial charge < -0.3 is 42.5 Å². The zero-order valence-electron chi connectivity index (χ0n) is 15.1. The van der Waals surface area contributed by atoms with Gasteiger partial charge in [-0.2, -0.15) is 12.6 Å². The molecule has 0 saturated heterocycles. The van der Waals surface area contributed by atoms with Crippen LogP contribution in [0.25, 0.3) is 0 Å². The van der Waals surface area contributed by atoms with E-state index in [1.807, 2.05) is 0 Å². The number of nitrogens with two attached hydrogens (primary N) is 2. The predicted molar refractivity (Wildman–Crippen MR) is 98.6 cm³/mol. The molecule has 0 spiro atoms. The summed E-state index contributed by atoms with van der Waals surface area (Å²) in [7, 11) is 0. The van der Waals surface area contributed by atoms with Crippen LogP contribution in [0.5, 0.6) is 0 Å². The molecular formula is C14H26N4O9S. The molecule has 28 heavy (non-hydrogen) atoms. The smallest absolute Gasteiger partial charge is 0.323 e. The largest absolute Gasteiger partial charge is 0.480 e. The molecule has 0 heterocycles. The number of amides is 2. The van der Waals surface area contributed by atoms with Gasteiger partial charge in [0.05, 0.1) is 6.10 Å². The van der Waals surface area contributed by atoms with Gasteiger partial charge >= 0.3 is 17.9 Å². The minimum atomic E-state index is -1.22. The Morgan fingerprint density at radius 2 is 1.57 bits per heavy atom. The average Bonchev–Trinajstić information content (AvgIpc) is 2.61. The molecule has 2 unspecified atom stereocenters. The fourth-order valence-electron chi connectivity index (χ4n) is 1.36. The highest BCUT2D eigenvalue weighted by molar-refractivity contribution is 7.80. The average molecular weight is 426 g/mol. The van der Waals surface area contributed by atoms with Crippen molar-refractivity contribution in [3.05, 3.63) is 0 Å². The van der Waals surface area contributed by atoms with Crippen LogP contribution in [-0.2, 0) is 24.0 Å². The van der Waals surface area contributed by atoms with Gasteiger partial charge in [-0.15, -0.1) is 0 Å². The molecule has 2 amide bonds. The van der Waals surface area contributed by atoms with E-state index < -0.39 is 60.5 Å². The standard InChI is InChI=1S/C10H17N3O6S.C4H9NO3/c11-5(10(18)19)1-2-7(14)13-6(4-20)9(17)12-3-8(15)16;1-2(6)3(5)4(7)8/h5-6,20H,1-4,11H2,(H,12,17)(H,13,14)(H,15,16)(H,18,19);2-3,6H,5H2,1H3,(H,7,8)/t;2-,3+/m.1/s1. The summed E-state index contributed by atoms with van der Waals surface area (Å²) in [5.74, 6) is -4.88. The Hall–Kier alpha value is -2.42. The number of carboxylic acid groups (broad SMARTS) is 3. The van der Waals surface area contributed by atoms with Crippen LogP contribution >= 0.6 is 12.6 Å². The van der Waals surface area contributed by atoms with E-state index in [-0.39, 0.29) is 18.6 Å². The normalized spacial score (nSPS) is 14.3. The van der Waals surface area contributed by atoms with Crippen molar-refractivity contribution >= 4 is 42.4 Å². The number of rotatable bonds is 11. The Bertz CT molecular complexity index is 559. The second-order valence-corrected chi connectivity index (χ2v) is 5.87. The van der Waals surface area contributed by atoms with Gasteiger partial charge in [-0.3, -0.25) is 24.0 Å². The molecule has 0 fully saturated rings. The topological polar surface area (TPSA) is 242 Å². The Kier molecular flexibility index (Phi) is 14.5. The van der Waals surface area contributed by atoms with Crippen LogP contribution in [0.15, 0.2) is 0 Å². The third-order valence-corrected chi connectivity index (χ3v) is 3.42. The quantitative estimate of drug-likeness (QED) is 0.147. The molecule has 0 aromatic heterocycles. The van der Waals surface area contributed by atoms with E-state index in [0.29, 0.717) is 0 Å². The maximum Gasteiger partial charge on any atom is 0.323 e. The Morgan fingerprint density at radius 1 is 1.04 bits per heavy atom. The van der Waals surface area contributed by atoms with Gasteiger partial charge in [0.1, 0.15) is 24.7 Å². The van der Waals surface area contributed by atoms with E-state index in [2.05, 4.69) is 23.3 Å². The first-order valence-corrected chi connectivity index (χ1v) is 8.51. The highest BCUT2D eigenvalue weighted by Gasteiger charge is 2.21.